The summed E-state index contributed by atoms with van der Waals surface area (Å²) in [5, 5.41) is 13.8. The molecule has 1 rings (SSSR count). The number of anilines is 1. The van der Waals surface area contributed by atoms with E-state index in [0.29, 0.717) is 13.2 Å². The van der Waals surface area contributed by atoms with Crippen LogP contribution in [0.25, 0.3) is 0 Å². The predicted molar refractivity (Wildman–Crippen MR) is 74.9 cm³/mol. The van der Waals surface area contributed by atoms with E-state index in [1.165, 1.54) is 0 Å². The van der Waals surface area contributed by atoms with Crippen LogP contribution in [0, 0.1) is 15.9 Å². The van der Waals surface area contributed by atoms with E-state index in [-0.39, 0.29) is 15.8 Å². The summed E-state index contributed by atoms with van der Waals surface area (Å²) < 4.78 is 19.0. The fourth-order valence-corrected chi connectivity index (χ4v) is 1.91. The summed E-state index contributed by atoms with van der Waals surface area (Å²) in [6.45, 7) is 6.44. The van der Waals surface area contributed by atoms with Gasteiger partial charge in [-0.3, -0.25) is 10.1 Å². The highest BCUT2D eigenvalue weighted by Gasteiger charge is 2.22. The zero-order chi connectivity index (χ0) is 14.6. The molecular weight excluding hydrogens is 319 g/mol. The van der Waals surface area contributed by atoms with Crippen molar-refractivity contribution in [1.82, 2.24) is 0 Å². The summed E-state index contributed by atoms with van der Waals surface area (Å²) in [6, 6.07) is 2.25. The molecule has 19 heavy (non-hydrogen) atoms. The van der Waals surface area contributed by atoms with Crippen LogP contribution in [0.3, 0.4) is 0 Å². The van der Waals surface area contributed by atoms with Crippen molar-refractivity contribution >= 4 is 27.3 Å². The van der Waals surface area contributed by atoms with Gasteiger partial charge in [-0.05, 0) is 36.7 Å². The first-order valence-electron chi connectivity index (χ1n) is 5.78. The number of benzene rings is 1. The number of halogens is 2. The summed E-state index contributed by atoms with van der Waals surface area (Å²) in [5.74, 6) is -0.553. The predicted octanol–water partition coefficient (Wildman–Crippen LogP) is 3.72. The van der Waals surface area contributed by atoms with E-state index >= 15 is 0 Å². The molecule has 0 fully saturated rings. The summed E-state index contributed by atoms with van der Waals surface area (Å²) in [7, 11) is 0. The molecule has 7 heteroatoms. The molecule has 0 heterocycles. The smallest absolute Gasteiger partial charge is 0.293 e. The molecule has 0 spiro atoms. The standard InChI is InChI=1S/C12H16BrFN2O3/c1-4-19-12(2,3)7-15-10-6-9(14)8(13)5-11(10)16(17)18/h5-6,15H,4,7H2,1-3H3. The molecule has 1 aromatic rings. The minimum atomic E-state index is -0.555. The van der Waals surface area contributed by atoms with Crippen LogP contribution in [0.4, 0.5) is 15.8 Å². The number of nitrogens with one attached hydrogen (secondary N) is 1. The van der Waals surface area contributed by atoms with Crippen LogP contribution < -0.4 is 5.32 Å². The Bertz CT molecular complexity index is 480. The Balaban J connectivity index is 2.94. The Kier molecular flexibility index (Phi) is 5.25. The summed E-state index contributed by atoms with van der Waals surface area (Å²) in [5.41, 5.74) is -0.536. The Labute approximate surface area is 119 Å². The van der Waals surface area contributed by atoms with Crippen molar-refractivity contribution in [3.05, 3.63) is 32.5 Å². The second-order valence-corrected chi connectivity index (χ2v) is 5.44. The Hall–Kier alpha value is -1.21. The van der Waals surface area contributed by atoms with E-state index < -0.39 is 16.3 Å². The highest BCUT2D eigenvalue weighted by atomic mass is 79.9. The molecule has 0 aliphatic rings. The first-order chi connectivity index (χ1) is 8.76. The van der Waals surface area contributed by atoms with E-state index in [2.05, 4.69) is 21.2 Å². The molecule has 0 bridgehead atoms. The first-order valence-corrected chi connectivity index (χ1v) is 6.57. The molecule has 0 aliphatic heterocycles. The maximum Gasteiger partial charge on any atom is 0.293 e. The molecule has 5 nitrogen and oxygen atoms in total. The van der Waals surface area contributed by atoms with Crippen molar-refractivity contribution in [2.45, 2.75) is 26.4 Å². The number of ether oxygens (including phenoxy) is 1. The van der Waals surface area contributed by atoms with E-state index in [1.54, 1.807) is 0 Å². The largest absolute Gasteiger partial charge is 0.377 e. The number of hydrogen-bond donors (Lipinski definition) is 1. The van der Waals surface area contributed by atoms with E-state index in [0.717, 1.165) is 12.1 Å². The van der Waals surface area contributed by atoms with E-state index in [1.807, 2.05) is 20.8 Å². The van der Waals surface area contributed by atoms with Crippen molar-refractivity contribution in [3.63, 3.8) is 0 Å². The van der Waals surface area contributed by atoms with Gasteiger partial charge in [-0.25, -0.2) is 4.39 Å². The minimum Gasteiger partial charge on any atom is -0.377 e. The molecule has 0 aliphatic carbocycles. The van der Waals surface area contributed by atoms with Gasteiger partial charge < -0.3 is 10.1 Å². The van der Waals surface area contributed by atoms with Crippen LogP contribution in [-0.2, 0) is 4.74 Å². The van der Waals surface area contributed by atoms with E-state index in [4.69, 9.17) is 4.74 Å². The van der Waals surface area contributed by atoms with Crippen LogP contribution in [0.1, 0.15) is 20.8 Å². The van der Waals surface area contributed by atoms with Gasteiger partial charge >= 0.3 is 0 Å². The third kappa shape index (κ3) is 4.43. The van der Waals surface area contributed by atoms with E-state index in [9.17, 15) is 14.5 Å². The molecule has 106 valence electrons. The number of hydrogen-bond acceptors (Lipinski definition) is 4. The number of nitrogens with zero attached hydrogens (tertiary/aromatic N) is 1. The van der Waals surface area contributed by atoms with Crippen molar-refractivity contribution in [2.24, 2.45) is 0 Å². The molecule has 0 saturated heterocycles. The fourth-order valence-electron chi connectivity index (χ4n) is 1.58. The highest BCUT2D eigenvalue weighted by Crippen LogP contribution is 2.31. The van der Waals surface area contributed by atoms with Gasteiger partial charge in [0.2, 0.25) is 0 Å². The zero-order valence-electron chi connectivity index (χ0n) is 11.0. The molecule has 1 aromatic carbocycles. The molecular formula is C12H16BrFN2O3. The summed E-state index contributed by atoms with van der Waals surface area (Å²) in [6.07, 6.45) is 0. The lowest BCUT2D eigenvalue weighted by atomic mass is 10.1. The average Bonchev–Trinajstić information content (AvgIpc) is 2.30. The maximum atomic E-state index is 13.4. The monoisotopic (exact) mass is 334 g/mol. The second kappa shape index (κ2) is 6.29. The molecule has 1 N–H and O–H groups in total. The molecule has 0 unspecified atom stereocenters. The molecule has 0 saturated carbocycles. The first kappa shape index (κ1) is 15.8. The highest BCUT2D eigenvalue weighted by molar-refractivity contribution is 9.10. The normalized spacial score (nSPS) is 11.4. The lowest BCUT2D eigenvalue weighted by Gasteiger charge is -2.25. The van der Waals surface area contributed by atoms with Gasteiger partial charge in [-0.2, -0.15) is 0 Å². The Morgan fingerprint density at radius 1 is 1.53 bits per heavy atom. The van der Waals surface area contributed by atoms with Crippen LogP contribution in [0.15, 0.2) is 16.6 Å². The molecule has 0 atom stereocenters. The quantitative estimate of drug-likeness (QED) is 0.636. The van der Waals surface area contributed by atoms with Gasteiger partial charge in [0.25, 0.3) is 5.69 Å². The summed E-state index contributed by atoms with van der Waals surface area (Å²) in [4.78, 5) is 10.4. The van der Waals surface area contributed by atoms with Gasteiger partial charge in [0, 0.05) is 25.3 Å². The van der Waals surface area contributed by atoms with Crippen molar-refractivity contribution in [3.8, 4) is 0 Å². The lowest BCUT2D eigenvalue weighted by molar-refractivity contribution is -0.384. The Morgan fingerprint density at radius 3 is 2.68 bits per heavy atom. The maximum absolute atomic E-state index is 13.4. The SMILES string of the molecule is CCOC(C)(C)CNc1cc(F)c(Br)cc1[N+](=O)[O-]. The van der Waals surface area contributed by atoms with Gasteiger partial charge in [0.1, 0.15) is 11.5 Å². The van der Waals surface area contributed by atoms with Crippen LogP contribution in [-0.4, -0.2) is 23.7 Å². The number of nitro groups is 1. The third-order valence-corrected chi connectivity index (χ3v) is 3.08. The van der Waals surface area contributed by atoms with Gasteiger partial charge in [-0.15, -0.1) is 0 Å². The van der Waals surface area contributed by atoms with Crippen molar-refractivity contribution < 1.29 is 14.1 Å². The van der Waals surface area contributed by atoms with Crippen LogP contribution in [0.5, 0.6) is 0 Å². The van der Waals surface area contributed by atoms with Gasteiger partial charge in [-0.1, -0.05) is 0 Å². The topological polar surface area (TPSA) is 64.4 Å². The molecule has 0 aromatic heterocycles. The summed E-state index contributed by atoms with van der Waals surface area (Å²) >= 11 is 2.93. The van der Waals surface area contributed by atoms with Gasteiger partial charge in [0.05, 0.1) is 15.0 Å². The van der Waals surface area contributed by atoms with Crippen LogP contribution >= 0.6 is 15.9 Å². The third-order valence-electron chi connectivity index (χ3n) is 2.47. The zero-order valence-corrected chi connectivity index (χ0v) is 12.6. The lowest BCUT2D eigenvalue weighted by Crippen LogP contribution is -2.33. The second-order valence-electron chi connectivity index (χ2n) is 4.59. The molecule has 0 radical (unpaired) electrons. The Morgan fingerprint density at radius 2 is 2.16 bits per heavy atom. The van der Waals surface area contributed by atoms with Crippen molar-refractivity contribution in [1.29, 1.82) is 0 Å². The molecule has 0 amide bonds. The van der Waals surface area contributed by atoms with Crippen molar-refractivity contribution in [2.75, 3.05) is 18.5 Å². The number of rotatable bonds is 6. The van der Waals surface area contributed by atoms with Gasteiger partial charge in [0.15, 0.2) is 0 Å². The average molecular weight is 335 g/mol. The fraction of sp³-hybridized carbons (Fsp3) is 0.500. The number of nitro benzene ring substituents is 1. The minimum absolute atomic E-state index is 0.0637. The van der Waals surface area contributed by atoms with Crippen LogP contribution in [0.2, 0.25) is 0 Å².